The van der Waals surface area contributed by atoms with Gasteiger partial charge in [0.1, 0.15) is 0 Å². The van der Waals surface area contributed by atoms with Gasteiger partial charge in [-0.05, 0) is 63.8 Å². The average Bonchev–Trinajstić information content (AvgIpc) is 2.39. The molecule has 3 nitrogen and oxygen atoms in total. The van der Waals surface area contributed by atoms with Gasteiger partial charge in [0.15, 0.2) is 0 Å². The molecule has 20 heavy (non-hydrogen) atoms. The fraction of sp³-hybridized carbons (Fsp3) is 1.00. The van der Waals surface area contributed by atoms with Crippen LogP contribution >= 0.6 is 0 Å². The van der Waals surface area contributed by atoms with E-state index >= 15 is 0 Å². The van der Waals surface area contributed by atoms with E-state index in [-0.39, 0.29) is 0 Å². The fourth-order valence-electron chi connectivity index (χ4n) is 3.81. The molecule has 0 spiro atoms. The predicted molar refractivity (Wildman–Crippen MR) is 83.0 cm³/mol. The van der Waals surface area contributed by atoms with Gasteiger partial charge in [-0.1, -0.05) is 6.92 Å². The molecule has 2 fully saturated rings. The van der Waals surface area contributed by atoms with Gasteiger partial charge in [-0.25, -0.2) is 0 Å². The van der Waals surface area contributed by atoms with Crippen molar-refractivity contribution in [3.63, 3.8) is 0 Å². The minimum absolute atomic E-state index is 0.561. The number of nitrogens with zero attached hydrogens (tertiary/aromatic N) is 1. The summed E-state index contributed by atoms with van der Waals surface area (Å²) in [4.78, 5) is 2.69. The molecular formula is C17H33NO2. The van der Waals surface area contributed by atoms with Crippen molar-refractivity contribution in [1.29, 1.82) is 0 Å². The highest BCUT2D eigenvalue weighted by Gasteiger charge is 2.33. The Labute approximate surface area is 125 Å². The third kappa shape index (κ3) is 4.71. The van der Waals surface area contributed by atoms with Crippen LogP contribution in [0.5, 0.6) is 0 Å². The standard InChI is InChI=1S/C17H33NO2/c1-4-19-9-7-16-6-8-18(12-14(16)3)13-15-10-17(11-15)20-5-2/h14-17H,4-13H2,1-3H3/t14-,15?,16+,17?/m0/s1. The second-order valence-electron chi connectivity index (χ2n) is 6.69. The molecule has 0 aromatic rings. The summed E-state index contributed by atoms with van der Waals surface area (Å²) < 4.78 is 11.2. The third-order valence-corrected chi connectivity index (χ3v) is 5.12. The maximum absolute atomic E-state index is 5.66. The SMILES string of the molecule is CCOCC[C@H]1CCN(CC2CC(OCC)C2)C[C@@H]1C. The molecule has 0 aromatic carbocycles. The molecule has 0 aromatic heterocycles. The van der Waals surface area contributed by atoms with Crippen molar-refractivity contribution in [2.24, 2.45) is 17.8 Å². The van der Waals surface area contributed by atoms with Gasteiger partial charge in [0.05, 0.1) is 6.10 Å². The Morgan fingerprint density at radius 1 is 1.15 bits per heavy atom. The number of hydrogen-bond acceptors (Lipinski definition) is 3. The highest BCUT2D eigenvalue weighted by Crippen LogP contribution is 2.33. The number of piperidine rings is 1. The van der Waals surface area contributed by atoms with Crippen molar-refractivity contribution >= 4 is 0 Å². The van der Waals surface area contributed by atoms with E-state index < -0.39 is 0 Å². The first kappa shape index (κ1) is 16.3. The van der Waals surface area contributed by atoms with Crippen molar-refractivity contribution in [3.05, 3.63) is 0 Å². The van der Waals surface area contributed by atoms with Gasteiger partial charge in [0, 0.05) is 32.9 Å². The van der Waals surface area contributed by atoms with Crippen LogP contribution in [0.15, 0.2) is 0 Å². The lowest BCUT2D eigenvalue weighted by Gasteiger charge is -2.42. The van der Waals surface area contributed by atoms with Crippen LogP contribution in [0.4, 0.5) is 0 Å². The summed E-state index contributed by atoms with van der Waals surface area (Å²) >= 11 is 0. The van der Waals surface area contributed by atoms with Crippen molar-refractivity contribution in [2.75, 3.05) is 39.5 Å². The molecule has 0 unspecified atom stereocenters. The molecule has 1 saturated carbocycles. The Bertz CT molecular complexity index is 266. The van der Waals surface area contributed by atoms with E-state index in [9.17, 15) is 0 Å². The second-order valence-corrected chi connectivity index (χ2v) is 6.69. The summed E-state index contributed by atoms with van der Waals surface area (Å²) in [6, 6.07) is 0. The summed E-state index contributed by atoms with van der Waals surface area (Å²) in [7, 11) is 0. The van der Waals surface area contributed by atoms with Crippen molar-refractivity contribution in [3.8, 4) is 0 Å². The quantitative estimate of drug-likeness (QED) is 0.639. The summed E-state index contributed by atoms with van der Waals surface area (Å²) in [6.07, 6.45) is 5.74. The minimum atomic E-state index is 0.561. The first-order valence-electron chi connectivity index (χ1n) is 8.64. The fourth-order valence-corrected chi connectivity index (χ4v) is 3.81. The lowest BCUT2D eigenvalue weighted by atomic mass is 9.80. The third-order valence-electron chi connectivity index (χ3n) is 5.12. The van der Waals surface area contributed by atoms with Gasteiger partial charge in [-0.15, -0.1) is 0 Å². The molecule has 0 radical (unpaired) electrons. The molecule has 0 amide bonds. The van der Waals surface area contributed by atoms with Crippen molar-refractivity contribution in [1.82, 2.24) is 4.90 Å². The van der Waals surface area contributed by atoms with E-state index in [0.717, 1.165) is 37.6 Å². The van der Waals surface area contributed by atoms with Gasteiger partial charge < -0.3 is 14.4 Å². The zero-order valence-electron chi connectivity index (χ0n) is 13.6. The second kappa shape index (κ2) is 8.35. The smallest absolute Gasteiger partial charge is 0.0581 e. The van der Waals surface area contributed by atoms with Crippen LogP contribution in [0, 0.1) is 17.8 Å². The first-order chi connectivity index (χ1) is 9.72. The van der Waals surface area contributed by atoms with Gasteiger partial charge >= 0.3 is 0 Å². The number of rotatable bonds is 8. The molecule has 3 heteroatoms. The maximum Gasteiger partial charge on any atom is 0.0581 e. The van der Waals surface area contributed by atoms with Gasteiger partial charge in [-0.3, -0.25) is 0 Å². The van der Waals surface area contributed by atoms with E-state index in [1.165, 1.54) is 45.3 Å². The summed E-state index contributed by atoms with van der Waals surface area (Å²) in [5.41, 5.74) is 0. The van der Waals surface area contributed by atoms with Crippen molar-refractivity contribution < 1.29 is 9.47 Å². The average molecular weight is 283 g/mol. The summed E-state index contributed by atoms with van der Waals surface area (Å²) in [6.45, 7) is 13.2. The van der Waals surface area contributed by atoms with Crippen LogP contribution in [0.2, 0.25) is 0 Å². The molecular weight excluding hydrogens is 250 g/mol. The molecule has 2 rings (SSSR count). The van der Waals surface area contributed by atoms with Crippen LogP contribution < -0.4 is 0 Å². The predicted octanol–water partition coefficient (Wildman–Crippen LogP) is 3.19. The van der Waals surface area contributed by atoms with Gasteiger partial charge in [0.25, 0.3) is 0 Å². The lowest BCUT2D eigenvalue weighted by molar-refractivity contribution is -0.0388. The zero-order chi connectivity index (χ0) is 14.4. The molecule has 2 aliphatic rings. The normalized spacial score (nSPS) is 35.0. The largest absolute Gasteiger partial charge is 0.382 e. The van der Waals surface area contributed by atoms with Crippen molar-refractivity contribution in [2.45, 2.75) is 52.6 Å². The molecule has 2 atom stereocenters. The van der Waals surface area contributed by atoms with Crippen LogP contribution in [-0.2, 0) is 9.47 Å². The molecule has 1 heterocycles. The molecule has 1 saturated heterocycles. The minimum Gasteiger partial charge on any atom is -0.382 e. The number of ether oxygens (including phenoxy) is 2. The Hall–Kier alpha value is -0.120. The van der Waals surface area contributed by atoms with E-state index in [1.54, 1.807) is 0 Å². The number of hydrogen-bond donors (Lipinski definition) is 0. The van der Waals surface area contributed by atoms with E-state index in [0.29, 0.717) is 6.10 Å². The Kier molecular flexibility index (Phi) is 6.79. The molecule has 0 N–H and O–H groups in total. The number of likely N-dealkylation sites (tertiary alicyclic amines) is 1. The van der Waals surface area contributed by atoms with Gasteiger partial charge in [0.2, 0.25) is 0 Å². The Morgan fingerprint density at radius 2 is 1.95 bits per heavy atom. The van der Waals surface area contributed by atoms with E-state index in [2.05, 4.69) is 25.7 Å². The Morgan fingerprint density at radius 3 is 2.60 bits per heavy atom. The van der Waals surface area contributed by atoms with E-state index in [1.807, 2.05) is 0 Å². The Balaban J connectivity index is 1.60. The molecule has 1 aliphatic heterocycles. The van der Waals surface area contributed by atoms with Gasteiger partial charge in [-0.2, -0.15) is 0 Å². The van der Waals surface area contributed by atoms with Crippen LogP contribution in [0.1, 0.15) is 46.5 Å². The molecule has 1 aliphatic carbocycles. The summed E-state index contributed by atoms with van der Waals surface area (Å²) in [5.74, 6) is 2.58. The highest BCUT2D eigenvalue weighted by molar-refractivity contribution is 4.85. The maximum atomic E-state index is 5.66. The van der Waals surface area contributed by atoms with E-state index in [4.69, 9.17) is 9.47 Å². The lowest BCUT2D eigenvalue weighted by Crippen LogP contribution is -2.45. The summed E-state index contributed by atoms with van der Waals surface area (Å²) in [5, 5.41) is 0. The molecule has 0 bridgehead atoms. The van der Waals surface area contributed by atoms with Crippen LogP contribution in [-0.4, -0.2) is 50.5 Å². The van der Waals surface area contributed by atoms with Crippen LogP contribution in [0.3, 0.4) is 0 Å². The highest BCUT2D eigenvalue weighted by atomic mass is 16.5. The molecule has 118 valence electrons. The topological polar surface area (TPSA) is 21.7 Å². The first-order valence-corrected chi connectivity index (χ1v) is 8.64. The van der Waals surface area contributed by atoms with Crippen LogP contribution in [0.25, 0.3) is 0 Å². The zero-order valence-corrected chi connectivity index (χ0v) is 13.6. The monoisotopic (exact) mass is 283 g/mol.